The van der Waals surface area contributed by atoms with Crippen LogP contribution >= 0.6 is 0 Å². The summed E-state index contributed by atoms with van der Waals surface area (Å²) in [5.41, 5.74) is 4.63. The van der Waals surface area contributed by atoms with Crippen LogP contribution in [0.1, 0.15) is 6.23 Å². The second-order valence-electron chi connectivity index (χ2n) is 3.77. The summed E-state index contributed by atoms with van der Waals surface area (Å²) in [5.74, 6) is 0.0537. The van der Waals surface area contributed by atoms with E-state index in [1.165, 1.54) is 12.3 Å². The maximum atomic E-state index is 11.5. The summed E-state index contributed by atoms with van der Waals surface area (Å²) in [6.07, 6.45) is -3.27. The van der Waals surface area contributed by atoms with Crippen molar-refractivity contribution in [3.63, 3.8) is 0 Å². The fourth-order valence-corrected chi connectivity index (χ4v) is 1.73. The van der Waals surface area contributed by atoms with Crippen molar-refractivity contribution in [3.05, 3.63) is 29.4 Å². The Bertz CT molecular complexity index is 513. The van der Waals surface area contributed by atoms with Gasteiger partial charge in [-0.15, -0.1) is 0 Å². The van der Waals surface area contributed by atoms with Gasteiger partial charge in [0.2, 0.25) is 0 Å². The van der Waals surface area contributed by atoms with E-state index in [2.05, 4.69) is 11.6 Å². The van der Waals surface area contributed by atoms with E-state index in [9.17, 15) is 15.0 Å². The molecule has 5 N–H and O–H groups in total. The zero-order chi connectivity index (χ0) is 14.6. The average Bonchev–Trinajstić information content (AvgIpc) is 2.69. The molecule has 0 unspecified atom stereocenters. The number of aliphatic hydroxyl groups is 3. The molecule has 1 aliphatic rings. The molecule has 0 saturated carbocycles. The zero-order valence-electron chi connectivity index (χ0n) is 10.4. The maximum Gasteiger partial charge on any atom is 2.00 e. The number of aromatic nitrogens is 2. The SMILES string of the molecule is Nc1ccn([C@@H]2O[C@H](CO)[C@@H](O)[C@H]2O)c(=O)n1.[C-]#[O+].[Cl-].[Ru+2]. The van der Waals surface area contributed by atoms with Crippen LogP contribution in [-0.4, -0.2) is 49.8 Å². The molecule has 9 nitrogen and oxygen atoms in total. The van der Waals surface area contributed by atoms with Crippen LogP contribution in [0.3, 0.4) is 0 Å². The molecule has 0 aliphatic carbocycles. The minimum Gasteiger partial charge on any atom is -1.00 e. The molecule has 0 amide bonds. The Hall–Kier alpha value is -0.827. The van der Waals surface area contributed by atoms with Crippen LogP contribution in [0, 0.1) is 6.65 Å². The Morgan fingerprint density at radius 2 is 2.00 bits per heavy atom. The first-order chi connectivity index (χ1) is 9.04. The van der Waals surface area contributed by atoms with Crippen molar-refractivity contribution in [3.8, 4) is 0 Å². The Morgan fingerprint density at radius 1 is 1.43 bits per heavy atom. The van der Waals surface area contributed by atoms with E-state index in [1.807, 2.05) is 0 Å². The number of anilines is 1. The molecular formula is C10H13ClN3O6Ru+. The molecule has 2 rings (SSSR count). The zero-order valence-corrected chi connectivity index (χ0v) is 12.9. The van der Waals surface area contributed by atoms with E-state index in [4.69, 9.17) is 20.2 Å². The van der Waals surface area contributed by atoms with E-state index >= 15 is 0 Å². The molecule has 1 aromatic rings. The quantitative estimate of drug-likeness (QED) is 0.217. The maximum absolute atomic E-state index is 11.5. The number of nitrogens with two attached hydrogens (primary N) is 1. The molecule has 0 spiro atoms. The number of hydrogen-bond acceptors (Lipinski definition) is 7. The van der Waals surface area contributed by atoms with E-state index in [-0.39, 0.29) is 37.7 Å². The van der Waals surface area contributed by atoms with Gasteiger partial charge in [-0.05, 0) is 6.07 Å². The topological polar surface area (TPSA) is 151 Å². The molecule has 0 radical (unpaired) electrons. The van der Waals surface area contributed by atoms with Gasteiger partial charge in [0.25, 0.3) is 0 Å². The number of nitrogens with zero attached hydrogens (tertiary/aromatic N) is 2. The second kappa shape index (κ2) is 9.99. The monoisotopic (exact) mass is 408 g/mol. The van der Waals surface area contributed by atoms with Gasteiger partial charge in [0.05, 0.1) is 6.61 Å². The normalized spacial score (nSPS) is 26.7. The fraction of sp³-hybridized carbons (Fsp3) is 0.500. The van der Waals surface area contributed by atoms with Crippen molar-refractivity contribution < 1.29 is 56.6 Å². The number of halogens is 1. The summed E-state index contributed by atoms with van der Waals surface area (Å²) in [4.78, 5) is 15.0. The summed E-state index contributed by atoms with van der Waals surface area (Å²) in [6, 6.07) is 1.37. The number of hydrogen-bond donors (Lipinski definition) is 4. The predicted octanol–water partition coefficient (Wildman–Crippen LogP) is -5.60. The molecule has 2 heterocycles. The molecular weight excluding hydrogens is 395 g/mol. The number of aliphatic hydroxyl groups excluding tert-OH is 3. The Labute approximate surface area is 138 Å². The first kappa shape index (κ1) is 22.5. The van der Waals surface area contributed by atoms with Gasteiger partial charge >= 0.3 is 36.5 Å². The standard InChI is InChI=1S/C9H13N3O5.CO.ClH.Ru/c10-5-1-2-12(9(16)11-5)8-7(15)6(14)4(3-13)17-8;1-2;;/h1-2,4,6-8,13-15H,3H2,(H2,10,11,16);;1H;/q;;;+2/p-1/t4-,6-,7-,8-;;;/m1.../s1. The summed E-state index contributed by atoms with van der Waals surface area (Å²) < 4.78 is 13.7. The van der Waals surface area contributed by atoms with Crippen molar-refractivity contribution >= 4 is 5.82 Å². The molecule has 118 valence electrons. The molecule has 1 aliphatic heterocycles. The third-order valence-electron chi connectivity index (χ3n) is 2.64. The third-order valence-corrected chi connectivity index (χ3v) is 2.64. The summed E-state index contributed by atoms with van der Waals surface area (Å²) in [7, 11) is 0. The van der Waals surface area contributed by atoms with Crippen molar-refractivity contribution in [1.82, 2.24) is 9.55 Å². The van der Waals surface area contributed by atoms with Gasteiger partial charge in [-0.3, -0.25) is 4.57 Å². The Morgan fingerprint density at radius 3 is 2.43 bits per heavy atom. The van der Waals surface area contributed by atoms with Crippen molar-refractivity contribution in [2.45, 2.75) is 24.5 Å². The van der Waals surface area contributed by atoms with Gasteiger partial charge in [0, 0.05) is 6.20 Å². The van der Waals surface area contributed by atoms with E-state index in [1.54, 1.807) is 0 Å². The van der Waals surface area contributed by atoms with Gasteiger partial charge < -0.3 is 38.2 Å². The third kappa shape index (κ3) is 4.84. The summed E-state index contributed by atoms with van der Waals surface area (Å²) in [6.45, 7) is 4.05. The Balaban J connectivity index is 0. The van der Waals surface area contributed by atoms with Crippen molar-refractivity contribution in [2.24, 2.45) is 0 Å². The van der Waals surface area contributed by atoms with E-state index < -0.39 is 36.8 Å². The van der Waals surface area contributed by atoms with Gasteiger partial charge in [-0.25, -0.2) is 4.79 Å². The summed E-state index contributed by atoms with van der Waals surface area (Å²) in [5, 5.41) is 28.2. The van der Waals surface area contributed by atoms with Gasteiger partial charge in [-0.1, -0.05) is 0 Å². The van der Waals surface area contributed by atoms with E-state index in [0.29, 0.717) is 0 Å². The van der Waals surface area contributed by atoms with Gasteiger partial charge in [0.15, 0.2) is 6.23 Å². The summed E-state index contributed by atoms with van der Waals surface area (Å²) >= 11 is 0. The molecule has 4 atom stereocenters. The molecule has 1 saturated heterocycles. The number of rotatable bonds is 2. The minimum absolute atomic E-state index is 0. The number of nitrogen functional groups attached to an aromatic ring is 1. The van der Waals surface area contributed by atoms with Crippen LogP contribution < -0.4 is 23.8 Å². The first-order valence-corrected chi connectivity index (χ1v) is 5.22. The first-order valence-electron chi connectivity index (χ1n) is 5.22. The molecule has 11 heteroatoms. The Kier molecular flexibility index (Phi) is 10.7. The van der Waals surface area contributed by atoms with Crippen LogP contribution in [0.25, 0.3) is 0 Å². The van der Waals surface area contributed by atoms with Crippen LogP contribution in [0.4, 0.5) is 5.82 Å². The van der Waals surface area contributed by atoms with Gasteiger partial charge in [0.1, 0.15) is 24.1 Å². The number of ether oxygens (including phenoxy) is 1. The smallest absolute Gasteiger partial charge is 1.00 e. The fourth-order valence-electron chi connectivity index (χ4n) is 1.73. The molecule has 21 heavy (non-hydrogen) atoms. The van der Waals surface area contributed by atoms with Crippen molar-refractivity contribution in [2.75, 3.05) is 12.3 Å². The second-order valence-corrected chi connectivity index (χ2v) is 3.77. The van der Waals surface area contributed by atoms with Crippen LogP contribution in [0.2, 0.25) is 0 Å². The van der Waals surface area contributed by atoms with Crippen LogP contribution in [-0.2, 0) is 28.9 Å². The predicted molar refractivity (Wildman–Crippen MR) is 59.8 cm³/mol. The molecule has 1 aromatic heterocycles. The van der Waals surface area contributed by atoms with Gasteiger partial charge in [-0.2, -0.15) is 4.98 Å². The van der Waals surface area contributed by atoms with Crippen LogP contribution in [0.15, 0.2) is 17.1 Å². The average molecular weight is 408 g/mol. The molecule has 0 aromatic carbocycles. The minimum atomic E-state index is -1.31. The molecule has 1 fully saturated rings. The largest absolute Gasteiger partial charge is 2.00 e. The van der Waals surface area contributed by atoms with E-state index in [0.717, 1.165) is 4.57 Å². The van der Waals surface area contributed by atoms with Crippen LogP contribution in [0.5, 0.6) is 0 Å². The van der Waals surface area contributed by atoms with Crippen molar-refractivity contribution in [1.29, 1.82) is 0 Å². The molecule has 0 bridgehead atoms.